The van der Waals surface area contributed by atoms with Crippen LogP contribution in [-0.2, 0) is 0 Å². The standard InChI is InChI=1S/C14H28N2O/c1-13(2)4-6-14(12-17,7-5-13)16-10-3-8-15-9-11-16/h15,17H,3-12H2,1-2H3. The molecule has 0 aromatic carbocycles. The fourth-order valence-corrected chi connectivity index (χ4v) is 3.29. The predicted molar refractivity (Wildman–Crippen MR) is 71.1 cm³/mol. The quantitative estimate of drug-likeness (QED) is 0.770. The molecule has 0 bridgehead atoms. The Labute approximate surface area is 106 Å². The molecule has 0 atom stereocenters. The third-order valence-electron chi connectivity index (χ3n) is 4.84. The van der Waals surface area contributed by atoms with Crippen LogP contribution in [0.1, 0.15) is 46.0 Å². The van der Waals surface area contributed by atoms with Crippen molar-refractivity contribution in [2.75, 3.05) is 32.8 Å². The molecule has 0 amide bonds. The van der Waals surface area contributed by atoms with Gasteiger partial charge in [0.2, 0.25) is 0 Å². The Hall–Kier alpha value is -0.120. The average molecular weight is 240 g/mol. The van der Waals surface area contributed by atoms with E-state index in [2.05, 4.69) is 24.1 Å². The lowest BCUT2D eigenvalue weighted by atomic mass is 9.69. The number of rotatable bonds is 2. The van der Waals surface area contributed by atoms with Crippen molar-refractivity contribution in [3.05, 3.63) is 0 Å². The number of hydrogen-bond acceptors (Lipinski definition) is 3. The molecule has 3 heteroatoms. The van der Waals surface area contributed by atoms with E-state index in [0.717, 1.165) is 39.0 Å². The van der Waals surface area contributed by atoms with Gasteiger partial charge < -0.3 is 10.4 Å². The topological polar surface area (TPSA) is 35.5 Å². The van der Waals surface area contributed by atoms with Crippen LogP contribution < -0.4 is 5.32 Å². The van der Waals surface area contributed by atoms with Crippen LogP contribution in [0.5, 0.6) is 0 Å². The van der Waals surface area contributed by atoms with E-state index in [1.807, 2.05) is 0 Å². The first kappa shape index (κ1) is 13.3. The monoisotopic (exact) mass is 240 g/mol. The number of nitrogens with one attached hydrogen (secondary N) is 1. The van der Waals surface area contributed by atoms with E-state index in [9.17, 15) is 5.11 Å². The molecule has 0 aromatic heterocycles. The van der Waals surface area contributed by atoms with E-state index >= 15 is 0 Å². The van der Waals surface area contributed by atoms with Crippen molar-refractivity contribution >= 4 is 0 Å². The highest BCUT2D eigenvalue weighted by Crippen LogP contribution is 2.42. The first-order chi connectivity index (χ1) is 8.08. The maximum absolute atomic E-state index is 9.89. The van der Waals surface area contributed by atoms with E-state index in [4.69, 9.17) is 0 Å². The summed E-state index contributed by atoms with van der Waals surface area (Å²) in [5, 5.41) is 13.3. The molecule has 1 heterocycles. The zero-order chi connectivity index (χ0) is 12.4. The molecule has 1 aliphatic carbocycles. The van der Waals surface area contributed by atoms with Crippen molar-refractivity contribution in [3.63, 3.8) is 0 Å². The predicted octanol–water partition coefficient (Wildman–Crippen LogP) is 1.61. The summed E-state index contributed by atoms with van der Waals surface area (Å²) in [6.07, 6.45) is 6.03. The van der Waals surface area contributed by atoms with Crippen molar-refractivity contribution in [2.45, 2.75) is 51.5 Å². The lowest BCUT2D eigenvalue weighted by molar-refractivity contribution is -0.0198. The number of aliphatic hydroxyl groups is 1. The van der Waals surface area contributed by atoms with E-state index in [-0.39, 0.29) is 5.54 Å². The number of hydrogen-bond donors (Lipinski definition) is 2. The lowest BCUT2D eigenvalue weighted by Gasteiger charge is -2.49. The molecule has 2 N–H and O–H groups in total. The molecule has 1 aliphatic heterocycles. The first-order valence-corrected chi connectivity index (χ1v) is 7.15. The molecule has 2 aliphatic rings. The Morgan fingerprint density at radius 2 is 1.76 bits per heavy atom. The van der Waals surface area contributed by atoms with E-state index in [0.29, 0.717) is 12.0 Å². The van der Waals surface area contributed by atoms with Crippen LogP contribution in [0.25, 0.3) is 0 Å². The largest absolute Gasteiger partial charge is 0.394 e. The van der Waals surface area contributed by atoms with Crippen molar-refractivity contribution in [3.8, 4) is 0 Å². The van der Waals surface area contributed by atoms with Crippen LogP contribution in [0, 0.1) is 5.41 Å². The summed E-state index contributed by atoms with van der Waals surface area (Å²) in [6.45, 7) is 9.50. The second-order valence-electron chi connectivity index (χ2n) is 6.64. The Kier molecular flexibility index (Phi) is 4.11. The van der Waals surface area contributed by atoms with Crippen LogP contribution in [0.4, 0.5) is 0 Å². The van der Waals surface area contributed by atoms with Gasteiger partial charge in [-0.15, -0.1) is 0 Å². The molecular weight excluding hydrogens is 212 g/mol. The highest BCUT2D eigenvalue weighted by molar-refractivity contribution is 4.97. The average Bonchev–Trinajstić information content (AvgIpc) is 2.59. The van der Waals surface area contributed by atoms with Gasteiger partial charge in [0, 0.05) is 25.2 Å². The summed E-state index contributed by atoms with van der Waals surface area (Å²) in [7, 11) is 0. The second-order valence-corrected chi connectivity index (χ2v) is 6.64. The summed E-state index contributed by atoms with van der Waals surface area (Å²) in [5.41, 5.74) is 0.560. The smallest absolute Gasteiger partial charge is 0.0615 e. The molecule has 2 fully saturated rings. The molecule has 0 radical (unpaired) electrons. The van der Waals surface area contributed by atoms with Crippen molar-refractivity contribution in [2.24, 2.45) is 5.41 Å². The minimum absolute atomic E-state index is 0.0849. The maximum atomic E-state index is 9.89. The first-order valence-electron chi connectivity index (χ1n) is 7.15. The van der Waals surface area contributed by atoms with E-state index in [1.165, 1.54) is 19.3 Å². The fourth-order valence-electron chi connectivity index (χ4n) is 3.29. The van der Waals surface area contributed by atoms with E-state index < -0.39 is 0 Å². The Morgan fingerprint density at radius 1 is 1.06 bits per heavy atom. The van der Waals surface area contributed by atoms with Crippen LogP contribution in [0.15, 0.2) is 0 Å². The Morgan fingerprint density at radius 3 is 2.41 bits per heavy atom. The highest BCUT2D eigenvalue weighted by Gasteiger charge is 2.41. The Bertz CT molecular complexity index is 235. The van der Waals surface area contributed by atoms with Gasteiger partial charge in [-0.2, -0.15) is 0 Å². The number of nitrogens with zero attached hydrogens (tertiary/aromatic N) is 1. The Balaban J connectivity index is 2.03. The normalized spacial score (nSPS) is 29.8. The number of aliphatic hydroxyl groups excluding tert-OH is 1. The lowest BCUT2D eigenvalue weighted by Crippen LogP contribution is -2.55. The third-order valence-corrected chi connectivity index (χ3v) is 4.84. The van der Waals surface area contributed by atoms with Crippen molar-refractivity contribution in [1.82, 2.24) is 10.2 Å². The van der Waals surface area contributed by atoms with Gasteiger partial charge in [0.15, 0.2) is 0 Å². The highest BCUT2D eigenvalue weighted by atomic mass is 16.3. The van der Waals surface area contributed by atoms with Gasteiger partial charge in [-0.3, -0.25) is 4.90 Å². The maximum Gasteiger partial charge on any atom is 0.0615 e. The van der Waals surface area contributed by atoms with Crippen LogP contribution in [0.3, 0.4) is 0 Å². The minimum atomic E-state index is 0.0849. The summed E-state index contributed by atoms with van der Waals surface area (Å²) in [4.78, 5) is 2.56. The second kappa shape index (κ2) is 5.25. The minimum Gasteiger partial charge on any atom is -0.394 e. The zero-order valence-electron chi connectivity index (χ0n) is 11.5. The fraction of sp³-hybridized carbons (Fsp3) is 1.00. The van der Waals surface area contributed by atoms with Gasteiger partial charge in [0.25, 0.3) is 0 Å². The van der Waals surface area contributed by atoms with Gasteiger partial charge in [0.1, 0.15) is 0 Å². The molecule has 0 unspecified atom stereocenters. The molecule has 100 valence electrons. The van der Waals surface area contributed by atoms with Crippen LogP contribution in [0.2, 0.25) is 0 Å². The summed E-state index contributed by atoms with van der Waals surface area (Å²) >= 11 is 0. The molecule has 1 saturated carbocycles. The van der Waals surface area contributed by atoms with Crippen molar-refractivity contribution < 1.29 is 5.11 Å². The molecule has 1 saturated heterocycles. The molecule has 3 nitrogen and oxygen atoms in total. The summed E-state index contributed by atoms with van der Waals surface area (Å²) in [6, 6.07) is 0. The van der Waals surface area contributed by atoms with E-state index in [1.54, 1.807) is 0 Å². The third kappa shape index (κ3) is 3.01. The molecule has 17 heavy (non-hydrogen) atoms. The van der Waals surface area contributed by atoms with Gasteiger partial charge in [-0.05, 0) is 44.1 Å². The zero-order valence-corrected chi connectivity index (χ0v) is 11.5. The van der Waals surface area contributed by atoms with Gasteiger partial charge >= 0.3 is 0 Å². The summed E-state index contributed by atoms with van der Waals surface area (Å²) < 4.78 is 0. The van der Waals surface area contributed by atoms with Gasteiger partial charge in [0.05, 0.1) is 6.61 Å². The van der Waals surface area contributed by atoms with Crippen molar-refractivity contribution in [1.29, 1.82) is 0 Å². The molecule has 0 spiro atoms. The van der Waals surface area contributed by atoms with Gasteiger partial charge in [-0.25, -0.2) is 0 Å². The molecule has 2 rings (SSSR count). The molecule has 0 aromatic rings. The van der Waals surface area contributed by atoms with Gasteiger partial charge in [-0.1, -0.05) is 13.8 Å². The SMILES string of the molecule is CC1(C)CCC(CO)(N2CCCNCC2)CC1. The molecular formula is C14H28N2O. The van der Waals surface area contributed by atoms with Crippen LogP contribution in [-0.4, -0.2) is 48.3 Å². The van der Waals surface area contributed by atoms with Crippen LogP contribution >= 0.6 is 0 Å². The summed E-state index contributed by atoms with van der Waals surface area (Å²) in [5.74, 6) is 0.